The van der Waals surface area contributed by atoms with Crippen LogP contribution in [0.15, 0.2) is 194 Å². The molecule has 56 heavy (non-hydrogen) atoms. The summed E-state index contributed by atoms with van der Waals surface area (Å²) in [6.45, 7) is 2.35. The first-order chi connectivity index (χ1) is 27.7. The molecule has 0 aliphatic heterocycles. The van der Waals surface area contributed by atoms with E-state index in [1.807, 2.05) is 0 Å². The molecule has 0 fully saturated rings. The summed E-state index contributed by atoms with van der Waals surface area (Å²) in [6.07, 6.45) is 0. The Balaban J connectivity index is 1.25. The van der Waals surface area contributed by atoms with Crippen LogP contribution in [0.5, 0.6) is 0 Å². The van der Waals surface area contributed by atoms with Crippen LogP contribution >= 0.6 is 0 Å². The van der Waals surface area contributed by atoms with Crippen molar-refractivity contribution in [3.8, 4) is 56.4 Å². The van der Waals surface area contributed by atoms with Gasteiger partial charge in [0.1, 0.15) is 0 Å². The Morgan fingerprint density at radius 3 is 1.71 bits per heavy atom. The molecule has 11 rings (SSSR count). The first kappa shape index (κ1) is 32.2. The molecule has 1 aromatic heterocycles. The van der Waals surface area contributed by atoms with Gasteiger partial charge in [0.25, 0.3) is 0 Å². The quantitative estimate of drug-likeness (QED) is 0.132. The van der Waals surface area contributed by atoms with E-state index >= 15 is 0 Å². The topological polar surface area (TPSA) is 38.7 Å². The molecule has 0 radical (unpaired) electrons. The molecule has 0 bridgehead atoms. The zero-order valence-corrected chi connectivity index (χ0v) is 30.8. The van der Waals surface area contributed by atoms with Gasteiger partial charge >= 0.3 is 0 Å². The first-order valence-corrected chi connectivity index (χ1v) is 19.2. The standard InChI is InChI=1S/C53H35N3/c1-53(37-21-6-3-7-22-37)46-29-15-14-27-43(46)48-44(28-16-30-47(48)53)51-54-50(42-26-13-12-23-38(42)34-17-4-2-5-18-34)55-52(56-51)49-40-25-11-9-20-36(40)33-45-39-24-10-8-19-35(39)31-32-41(45)49/h2-33H,1H3. The zero-order valence-electron chi connectivity index (χ0n) is 30.8. The normalized spacial score (nSPS) is 14.6. The van der Waals surface area contributed by atoms with Crippen LogP contribution in [0.25, 0.3) is 88.7 Å². The van der Waals surface area contributed by atoms with Crippen molar-refractivity contribution < 1.29 is 0 Å². The fourth-order valence-electron chi connectivity index (χ4n) is 9.15. The predicted molar refractivity (Wildman–Crippen MR) is 232 cm³/mol. The van der Waals surface area contributed by atoms with Gasteiger partial charge in [0.15, 0.2) is 17.5 Å². The lowest BCUT2D eigenvalue weighted by atomic mass is 9.74. The van der Waals surface area contributed by atoms with Crippen LogP contribution in [0, 0.1) is 0 Å². The average Bonchev–Trinajstić information content (AvgIpc) is 3.54. The Morgan fingerprint density at radius 1 is 0.339 bits per heavy atom. The Kier molecular flexibility index (Phi) is 7.30. The van der Waals surface area contributed by atoms with Gasteiger partial charge < -0.3 is 0 Å². The van der Waals surface area contributed by atoms with Crippen LogP contribution in [0.1, 0.15) is 23.6 Å². The van der Waals surface area contributed by atoms with Crippen LogP contribution in [0.3, 0.4) is 0 Å². The van der Waals surface area contributed by atoms with E-state index in [1.165, 1.54) is 44.0 Å². The van der Waals surface area contributed by atoms with Gasteiger partial charge in [-0.25, -0.2) is 15.0 Å². The van der Waals surface area contributed by atoms with E-state index in [9.17, 15) is 0 Å². The summed E-state index contributed by atoms with van der Waals surface area (Å²) >= 11 is 0. The minimum absolute atomic E-state index is 0.352. The number of hydrogen-bond donors (Lipinski definition) is 0. The molecule has 1 aliphatic carbocycles. The maximum absolute atomic E-state index is 5.53. The highest BCUT2D eigenvalue weighted by atomic mass is 15.0. The summed E-state index contributed by atoms with van der Waals surface area (Å²) in [5.74, 6) is 1.94. The van der Waals surface area contributed by atoms with Gasteiger partial charge in [-0.1, -0.05) is 188 Å². The van der Waals surface area contributed by atoms with Crippen molar-refractivity contribution in [1.82, 2.24) is 15.0 Å². The Bertz CT molecular complexity index is 3150. The van der Waals surface area contributed by atoms with E-state index in [0.717, 1.165) is 44.0 Å². The van der Waals surface area contributed by atoms with Gasteiger partial charge in [0, 0.05) is 22.1 Å². The molecule has 3 heteroatoms. The maximum atomic E-state index is 5.53. The number of hydrogen-bond acceptors (Lipinski definition) is 3. The van der Waals surface area contributed by atoms with E-state index in [-0.39, 0.29) is 5.41 Å². The van der Waals surface area contributed by atoms with Crippen molar-refractivity contribution in [2.45, 2.75) is 12.3 Å². The van der Waals surface area contributed by atoms with Gasteiger partial charge in [-0.05, 0) is 84.3 Å². The molecule has 10 aromatic rings. The molecule has 0 saturated carbocycles. The van der Waals surface area contributed by atoms with Gasteiger partial charge in [0.2, 0.25) is 0 Å². The molecule has 0 N–H and O–H groups in total. The third-order valence-electron chi connectivity index (χ3n) is 11.8. The van der Waals surface area contributed by atoms with Gasteiger partial charge in [-0.15, -0.1) is 0 Å². The third kappa shape index (κ3) is 4.87. The van der Waals surface area contributed by atoms with Gasteiger partial charge in [0.05, 0.1) is 0 Å². The fourth-order valence-corrected chi connectivity index (χ4v) is 9.15. The molecular formula is C53H35N3. The largest absolute Gasteiger partial charge is 0.208 e. The van der Waals surface area contributed by atoms with Crippen molar-refractivity contribution in [3.05, 3.63) is 211 Å². The zero-order chi connectivity index (χ0) is 37.2. The maximum Gasteiger partial charge on any atom is 0.165 e. The van der Waals surface area contributed by atoms with Crippen molar-refractivity contribution in [2.24, 2.45) is 0 Å². The van der Waals surface area contributed by atoms with Crippen LogP contribution in [0.4, 0.5) is 0 Å². The first-order valence-electron chi connectivity index (χ1n) is 19.2. The summed E-state index contributed by atoms with van der Waals surface area (Å²) < 4.78 is 0. The number of fused-ring (bicyclic) bond motifs is 7. The summed E-state index contributed by atoms with van der Waals surface area (Å²) in [7, 11) is 0. The minimum atomic E-state index is -0.352. The number of nitrogens with zero attached hydrogens (tertiary/aromatic N) is 3. The van der Waals surface area contributed by atoms with Crippen LogP contribution in [-0.4, -0.2) is 15.0 Å². The molecule has 1 unspecified atom stereocenters. The molecule has 262 valence electrons. The molecular weight excluding hydrogens is 679 g/mol. The minimum Gasteiger partial charge on any atom is -0.208 e. The molecule has 0 spiro atoms. The second-order valence-corrected chi connectivity index (χ2v) is 14.8. The molecule has 0 saturated heterocycles. The molecule has 1 atom stereocenters. The second kappa shape index (κ2) is 12.7. The van der Waals surface area contributed by atoms with Crippen LogP contribution < -0.4 is 0 Å². The average molecular weight is 714 g/mol. The Hall–Kier alpha value is -7.23. The van der Waals surface area contributed by atoms with Gasteiger partial charge in [-0.3, -0.25) is 0 Å². The summed E-state index contributed by atoms with van der Waals surface area (Å²) in [4.78, 5) is 16.4. The lowest BCUT2D eigenvalue weighted by Gasteiger charge is -2.28. The van der Waals surface area contributed by atoms with E-state index in [4.69, 9.17) is 15.0 Å². The molecule has 1 heterocycles. The highest BCUT2D eigenvalue weighted by molar-refractivity contribution is 6.19. The van der Waals surface area contributed by atoms with E-state index in [1.54, 1.807) is 0 Å². The summed E-state index contributed by atoms with van der Waals surface area (Å²) in [6, 6.07) is 69.3. The smallest absolute Gasteiger partial charge is 0.165 e. The van der Waals surface area contributed by atoms with Crippen molar-refractivity contribution in [2.75, 3.05) is 0 Å². The SMILES string of the molecule is CC1(c2ccccc2)c2ccccc2-c2c(-c3nc(-c4ccccc4-c4ccccc4)nc(-c4c5ccccc5cc5c4ccc4ccccc45)n3)cccc21. The van der Waals surface area contributed by atoms with Crippen LogP contribution in [-0.2, 0) is 5.41 Å². The van der Waals surface area contributed by atoms with Crippen molar-refractivity contribution >= 4 is 32.3 Å². The van der Waals surface area contributed by atoms with E-state index in [2.05, 4.69) is 201 Å². The molecule has 1 aliphatic rings. The second-order valence-electron chi connectivity index (χ2n) is 14.8. The monoisotopic (exact) mass is 713 g/mol. The molecule has 9 aromatic carbocycles. The fraction of sp³-hybridized carbons (Fsp3) is 0.0377. The molecule has 3 nitrogen and oxygen atoms in total. The Morgan fingerprint density at radius 2 is 0.911 bits per heavy atom. The lowest BCUT2D eigenvalue weighted by Crippen LogP contribution is -2.22. The number of rotatable bonds is 5. The third-order valence-corrected chi connectivity index (χ3v) is 11.8. The van der Waals surface area contributed by atoms with E-state index in [0.29, 0.717) is 17.5 Å². The lowest BCUT2D eigenvalue weighted by molar-refractivity contribution is 0.714. The highest BCUT2D eigenvalue weighted by Gasteiger charge is 2.42. The summed E-state index contributed by atoms with van der Waals surface area (Å²) in [5, 5.41) is 6.96. The number of aromatic nitrogens is 3. The van der Waals surface area contributed by atoms with Crippen LogP contribution in [0.2, 0.25) is 0 Å². The highest BCUT2D eigenvalue weighted by Crippen LogP contribution is 2.55. The van der Waals surface area contributed by atoms with Gasteiger partial charge in [-0.2, -0.15) is 0 Å². The van der Waals surface area contributed by atoms with E-state index < -0.39 is 0 Å². The van der Waals surface area contributed by atoms with Crippen molar-refractivity contribution in [3.63, 3.8) is 0 Å². The Labute approximate surface area is 325 Å². The number of benzene rings is 9. The summed E-state index contributed by atoms with van der Waals surface area (Å²) in [5.41, 5.74) is 11.0. The molecule has 0 amide bonds. The van der Waals surface area contributed by atoms with Crippen molar-refractivity contribution in [1.29, 1.82) is 0 Å². The predicted octanol–water partition coefficient (Wildman–Crippen LogP) is 13.3.